The largest absolute Gasteiger partial charge is 0.395 e. The zero-order valence-electron chi connectivity index (χ0n) is 12.2. The van der Waals surface area contributed by atoms with E-state index in [1.54, 1.807) is 0 Å². The molecule has 2 aliphatic rings. The van der Waals surface area contributed by atoms with Gasteiger partial charge in [-0.25, -0.2) is 0 Å². The molecule has 1 heterocycles. The highest BCUT2D eigenvalue weighted by molar-refractivity contribution is 4.71. The summed E-state index contributed by atoms with van der Waals surface area (Å²) in [6.45, 7) is 8.37. The van der Waals surface area contributed by atoms with Gasteiger partial charge in [-0.2, -0.15) is 0 Å². The van der Waals surface area contributed by atoms with E-state index in [0.717, 1.165) is 58.4 Å². The molecular weight excluding hydrogens is 240 g/mol. The molecule has 1 saturated carbocycles. The first-order chi connectivity index (χ1) is 9.38. The molecule has 1 aliphatic carbocycles. The van der Waals surface area contributed by atoms with E-state index in [-0.39, 0.29) is 6.61 Å². The number of nitrogens with zero attached hydrogens (tertiary/aromatic N) is 2. The van der Waals surface area contributed by atoms with Crippen LogP contribution in [0.15, 0.2) is 0 Å². The first-order valence-electron chi connectivity index (χ1n) is 8.02. The smallest absolute Gasteiger partial charge is 0.0594 e. The Bertz CT molecular complexity index is 226. The van der Waals surface area contributed by atoms with Crippen LogP contribution in [0.5, 0.6) is 0 Å². The normalized spacial score (nSPS) is 22.4. The molecule has 0 spiro atoms. The second-order valence-corrected chi connectivity index (χ2v) is 5.96. The predicted molar refractivity (Wildman–Crippen MR) is 77.4 cm³/mol. The van der Waals surface area contributed by atoms with Gasteiger partial charge in [0.1, 0.15) is 0 Å². The number of morpholine rings is 1. The van der Waals surface area contributed by atoms with Gasteiger partial charge in [-0.05, 0) is 18.9 Å². The van der Waals surface area contributed by atoms with Crippen LogP contribution in [0.25, 0.3) is 0 Å². The van der Waals surface area contributed by atoms with Gasteiger partial charge in [-0.3, -0.25) is 9.80 Å². The van der Waals surface area contributed by atoms with Crippen LogP contribution in [-0.2, 0) is 4.74 Å². The molecule has 2 fully saturated rings. The topological polar surface area (TPSA) is 35.9 Å². The lowest BCUT2D eigenvalue weighted by Gasteiger charge is -2.30. The standard InChI is InChI=1S/C15H30N2O2/c18-12-9-16(6-5-15-3-1-2-4-15)7-8-17-10-13-19-14-11-17/h15,18H,1-14H2. The molecule has 0 bridgehead atoms. The fourth-order valence-electron chi connectivity index (χ4n) is 3.25. The molecule has 112 valence electrons. The molecule has 2 rings (SSSR count). The van der Waals surface area contributed by atoms with Crippen molar-refractivity contribution in [3.63, 3.8) is 0 Å². The van der Waals surface area contributed by atoms with Crippen LogP contribution in [0.3, 0.4) is 0 Å². The fourth-order valence-corrected chi connectivity index (χ4v) is 3.25. The summed E-state index contributed by atoms with van der Waals surface area (Å²) in [6, 6.07) is 0. The summed E-state index contributed by atoms with van der Waals surface area (Å²) in [5.74, 6) is 0.949. The average molecular weight is 270 g/mol. The Morgan fingerprint density at radius 1 is 1.05 bits per heavy atom. The molecule has 4 heteroatoms. The highest BCUT2D eigenvalue weighted by atomic mass is 16.5. The monoisotopic (exact) mass is 270 g/mol. The van der Waals surface area contributed by atoms with Gasteiger partial charge in [0.2, 0.25) is 0 Å². The lowest BCUT2D eigenvalue weighted by Crippen LogP contribution is -2.42. The van der Waals surface area contributed by atoms with Crippen molar-refractivity contribution >= 4 is 0 Å². The molecule has 1 saturated heterocycles. The Kier molecular flexibility index (Phi) is 7.14. The van der Waals surface area contributed by atoms with Crippen LogP contribution in [0.2, 0.25) is 0 Å². The molecule has 4 nitrogen and oxygen atoms in total. The number of rotatable bonds is 8. The molecule has 0 radical (unpaired) electrons. The first-order valence-corrected chi connectivity index (χ1v) is 8.02. The third kappa shape index (κ3) is 5.78. The van der Waals surface area contributed by atoms with Gasteiger partial charge in [0.05, 0.1) is 19.8 Å². The van der Waals surface area contributed by atoms with Crippen molar-refractivity contribution in [1.29, 1.82) is 0 Å². The summed E-state index contributed by atoms with van der Waals surface area (Å²) >= 11 is 0. The average Bonchev–Trinajstić information content (AvgIpc) is 2.96. The van der Waals surface area contributed by atoms with Crippen LogP contribution in [-0.4, -0.2) is 74.0 Å². The third-order valence-corrected chi connectivity index (χ3v) is 4.58. The minimum Gasteiger partial charge on any atom is -0.395 e. The van der Waals surface area contributed by atoms with Gasteiger partial charge in [0.25, 0.3) is 0 Å². The van der Waals surface area contributed by atoms with E-state index in [4.69, 9.17) is 4.74 Å². The SMILES string of the molecule is OCCN(CCC1CCCC1)CCN1CCOCC1. The maximum atomic E-state index is 9.19. The Morgan fingerprint density at radius 2 is 1.79 bits per heavy atom. The zero-order valence-corrected chi connectivity index (χ0v) is 12.2. The molecule has 19 heavy (non-hydrogen) atoms. The van der Waals surface area contributed by atoms with Gasteiger partial charge in [0.15, 0.2) is 0 Å². The van der Waals surface area contributed by atoms with Crippen molar-refractivity contribution in [3.8, 4) is 0 Å². The number of aliphatic hydroxyl groups is 1. The molecule has 1 aliphatic heterocycles. The maximum absolute atomic E-state index is 9.19. The minimum absolute atomic E-state index is 0.285. The van der Waals surface area contributed by atoms with Gasteiger partial charge in [-0.1, -0.05) is 25.7 Å². The molecule has 0 aromatic carbocycles. The molecule has 0 atom stereocenters. The molecule has 0 unspecified atom stereocenters. The molecule has 1 N–H and O–H groups in total. The summed E-state index contributed by atoms with van der Waals surface area (Å²) in [6.07, 6.45) is 7.03. The Hall–Kier alpha value is -0.160. The molecule has 0 aromatic rings. The van der Waals surface area contributed by atoms with Crippen LogP contribution in [0.4, 0.5) is 0 Å². The van der Waals surface area contributed by atoms with Crippen molar-refractivity contribution in [2.75, 3.05) is 59.1 Å². The van der Waals surface area contributed by atoms with Gasteiger partial charge in [-0.15, -0.1) is 0 Å². The van der Waals surface area contributed by atoms with E-state index in [0.29, 0.717) is 0 Å². The van der Waals surface area contributed by atoms with E-state index in [9.17, 15) is 5.11 Å². The second-order valence-electron chi connectivity index (χ2n) is 5.96. The van der Waals surface area contributed by atoms with Gasteiger partial charge in [0, 0.05) is 32.7 Å². The summed E-state index contributed by atoms with van der Waals surface area (Å²) < 4.78 is 5.37. The summed E-state index contributed by atoms with van der Waals surface area (Å²) in [4.78, 5) is 4.91. The highest BCUT2D eigenvalue weighted by Gasteiger charge is 2.17. The van der Waals surface area contributed by atoms with Crippen LogP contribution in [0.1, 0.15) is 32.1 Å². The Labute approximate surface area is 117 Å². The molecular formula is C15H30N2O2. The van der Waals surface area contributed by atoms with E-state index in [1.807, 2.05) is 0 Å². The van der Waals surface area contributed by atoms with Crippen molar-refractivity contribution in [1.82, 2.24) is 9.80 Å². The zero-order chi connectivity index (χ0) is 13.3. The Balaban J connectivity index is 1.62. The van der Waals surface area contributed by atoms with E-state index >= 15 is 0 Å². The lowest BCUT2D eigenvalue weighted by molar-refractivity contribution is 0.0322. The van der Waals surface area contributed by atoms with Crippen LogP contribution < -0.4 is 0 Å². The van der Waals surface area contributed by atoms with Crippen molar-refractivity contribution < 1.29 is 9.84 Å². The number of hydrogen-bond acceptors (Lipinski definition) is 4. The highest BCUT2D eigenvalue weighted by Crippen LogP contribution is 2.27. The predicted octanol–water partition coefficient (Wildman–Crippen LogP) is 1.19. The summed E-state index contributed by atoms with van der Waals surface area (Å²) in [5, 5.41) is 9.19. The second kappa shape index (κ2) is 8.90. The number of hydrogen-bond donors (Lipinski definition) is 1. The minimum atomic E-state index is 0.285. The number of aliphatic hydroxyl groups excluding tert-OH is 1. The first kappa shape index (κ1) is 15.2. The van der Waals surface area contributed by atoms with Gasteiger partial charge < -0.3 is 9.84 Å². The number of ether oxygens (including phenoxy) is 1. The summed E-state index contributed by atoms with van der Waals surface area (Å²) in [5.41, 5.74) is 0. The van der Waals surface area contributed by atoms with E-state index < -0.39 is 0 Å². The lowest BCUT2D eigenvalue weighted by atomic mass is 10.0. The quantitative estimate of drug-likeness (QED) is 0.719. The molecule has 0 amide bonds. The van der Waals surface area contributed by atoms with E-state index in [2.05, 4.69) is 9.80 Å². The maximum Gasteiger partial charge on any atom is 0.0594 e. The van der Waals surface area contributed by atoms with E-state index in [1.165, 1.54) is 32.1 Å². The summed E-state index contributed by atoms with van der Waals surface area (Å²) in [7, 11) is 0. The third-order valence-electron chi connectivity index (χ3n) is 4.58. The van der Waals surface area contributed by atoms with Crippen molar-refractivity contribution in [3.05, 3.63) is 0 Å². The fraction of sp³-hybridized carbons (Fsp3) is 1.00. The Morgan fingerprint density at radius 3 is 2.47 bits per heavy atom. The molecule has 0 aromatic heterocycles. The van der Waals surface area contributed by atoms with Crippen LogP contribution in [0, 0.1) is 5.92 Å². The van der Waals surface area contributed by atoms with Crippen molar-refractivity contribution in [2.24, 2.45) is 5.92 Å². The van der Waals surface area contributed by atoms with Gasteiger partial charge >= 0.3 is 0 Å². The van der Waals surface area contributed by atoms with Crippen LogP contribution >= 0.6 is 0 Å². The van der Waals surface area contributed by atoms with Crippen molar-refractivity contribution in [2.45, 2.75) is 32.1 Å².